The van der Waals surface area contributed by atoms with E-state index in [1.807, 2.05) is 0 Å². The maximum absolute atomic E-state index is 12.5. The van der Waals surface area contributed by atoms with Crippen LogP contribution in [0.5, 0.6) is 5.75 Å². The minimum Gasteiger partial charge on any atom is -0.490 e. The number of ether oxygens (including phenoxy) is 1. The van der Waals surface area contributed by atoms with E-state index in [0.29, 0.717) is 11.1 Å². The van der Waals surface area contributed by atoms with Crippen molar-refractivity contribution in [3.05, 3.63) is 58.1 Å². The zero-order valence-electron chi connectivity index (χ0n) is 10.8. The fraction of sp³-hybridized carbons (Fsp3) is 0.143. The van der Waals surface area contributed by atoms with Gasteiger partial charge in [0.1, 0.15) is 0 Å². The van der Waals surface area contributed by atoms with Crippen LogP contribution in [0, 0.1) is 10.1 Å². The second kappa shape index (κ2) is 5.43. The molecule has 0 spiro atoms. The van der Waals surface area contributed by atoms with E-state index in [1.54, 1.807) is 0 Å². The van der Waals surface area contributed by atoms with Crippen LogP contribution in [0.15, 0.2) is 42.5 Å². The quantitative estimate of drug-likeness (QED) is 0.627. The van der Waals surface area contributed by atoms with Gasteiger partial charge in [0, 0.05) is 6.07 Å². The van der Waals surface area contributed by atoms with Crippen molar-refractivity contribution in [1.29, 1.82) is 0 Å². The zero-order chi connectivity index (χ0) is 15.6. The molecule has 110 valence electrons. The van der Waals surface area contributed by atoms with Gasteiger partial charge in [0.2, 0.25) is 0 Å². The molecule has 2 aromatic carbocycles. The average molecular weight is 297 g/mol. The molecule has 0 aliphatic rings. The van der Waals surface area contributed by atoms with E-state index in [0.717, 1.165) is 12.1 Å². The van der Waals surface area contributed by atoms with E-state index < -0.39 is 16.7 Å². The predicted octanol–water partition coefficient (Wildman–Crippen LogP) is 4.29. The van der Waals surface area contributed by atoms with Crippen LogP contribution in [0.1, 0.15) is 5.56 Å². The molecule has 0 saturated heterocycles. The Hall–Kier alpha value is -2.57. The molecule has 0 atom stereocenters. The summed E-state index contributed by atoms with van der Waals surface area (Å²) in [5.74, 6) is 0.0531. The van der Waals surface area contributed by atoms with Crippen LogP contribution in [0.2, 0.25) is 0 Å². The lowest BCUT2D eigenvalue weighted by atomic mass is 10.0. The molecule has 4 nitrogen and oxygen atoms in total. The summed E-state index contributed by atoms with van der Waals surface area (Å²) in [5, 5.41) is 10.8. The van der Waals surface area contributed by atoms with Crippen molar-refractivity contribution in [3.8, 4) is 16.9 Å². The first-order valence-corrected chi connectivity index (χ1v) is 5.83. The fourth-order valence-corrected chi connectivity index (χ4v) is 1.86. The number of nitrogens with zero attached hydrogens (tertiary/aromatic N) is 1. The largest absolute Gasteiger partial charge is 0.490 e. The summed E-state index contributed by atoms with van der Waals surface area (Å²) in [6.07, 6.45) is -4.40. The lowest BCUT2D eigenvalue weighted by Crippen LogP contribution is -2.04. The van der Waals surface area contributed by atoms with Crippen molar-refractivity contribution >= 4 is 5.69 Å². The summed E-state index contributed by atoms with van der Waals surface area (Å²) in [7, 11) is 1.29. The van der Waals surface area contributed by atoms with Gasteiger partial charge in [-0.1, -0.05) is 12.1 Å². The molecule has 0 fully saturated rings. The third-order valence-electron chi connectivity index (χ3n) is 2.92. The maximum Gasteiger partial charge on any atom is 0.416 e. The van der Waals surface area contributed by atoms with Crippen molar-refractivity contribution in [3.63, 3.8) is 0 Å². The van der Waals surface area contributed by atoms with Crippen LogP contribution < -0.4 is 4.74 Å². The van der Waals surface area contributed by atoms with Crippen molar-refractivity contribution in [2.45, 2.75) is 6.18 Å². The van der Waals surface area contributed by atoms with E-state index in [-0.39, 0.29) is 11.4 Å². The molecular weight excluding hydrogens is 287 g/mol. The first kappa shape index (κ1) is 14.8. The van der Waals surface area contributed by atoms with Gasteiger partial charge in [-0.05, 0) is 35.4 Å². The first-order valence-electron chi connectivity index (χ1n) is 5.83. The van der Waals surface area contributed by atoms with E-state index >= 15 is 0 Å². The summed E-state index contributed by atoms with van der Waals surface area (Å²) in [6, 6.07) is 8.68. The molecule has 0 aliphatic heterocycles. The van der Waals surface area contributed by atoms with Gasteiger partial charge in [0.15, 0.2) is 5.75 Å². The second-order valence-corrected chi connectivity index (χ2v) is 4.22. The number of benzene rings is 2. The van der Waals surface area contributed by atoms with Gasteiger partial charge < -0.3 is 4.74 Å². The Kier molecular flexibility index (Phi) is 3.84. The summed E-state index contributed by atoms with van der Waals surface area (Å²) >= 11 is 0. The van der Waals surface area contributed by atoms with Crippen LogP contribution >= 0.6 is 0 Å². The molecular formula is C14H10F3NO3. The third kappa shape index (κ3) is 3.13. The average Bonchev–Trinajstić information content (AvgIpc) is 2.45. The summed E-state index contributed by atoms with van der Waals surface area (Å²) in [6.45, 7) is 0. The molecule has 2 rings (SSSR count). The standard InChI is InChI=1S/C14H10F3NO3/c1-21-13-8-10(4-7-12(13)18(19)20)9-2-5-11(6-3-9)14(15,16)17/h2-8H,1H3. The van der Waals surface area contributed by atoms with E-state index in [4.69, 9.17) is 4.74 Å². The minimum atomic E-state index is -4.40. The molecule has 0 aromatic heterocycles. The van der Waals surface area contributed by atoms with Crippen molar-refractivity contribution in [2.24, 2.45) is 0 Å². The highest BCUT2D eigenvalue weighted by Crippen LogP contribution is 2.34. The van der Waals surface area contributed by atoms with Gasteiger partial charge in [0.25, 0.3) is 0 Å². The second-order valence-electron chi connectivity index (χ2n) is 4.22. The zero-order valence-corrected chi connectivity index (χ0v) is 10.8. The normalized spacial score (nSPS) is 11.2. The van der Waals surface area contributed by atoms with Gasteiger partial charge in [-0.15, -0.1) is 0 Å². The molecule has 7 heteroatoms. The molecule has 2 aromatic rings. The van der Waals surface area contributed by atoms with E-state index in [2.05, 4.69) is 0 Å². The number of hydrogen-bond donors (Lipinski definition) is 0. The van der Waals surface area contributed by atoms with E-state index in [1.165, 1.54) is 37.4 Å². The molecule has 0 saturated carbocycles. The van der Waals surface area contributed by atoms with Crippen LogP contribution in [-0.4, -0.2) is 12.0 Å². The summed E-state index contributed by atoms with van der Waals surface area (Å²) in [4.78, 5) is 10.2. The van der Waals surface area contributed by atoms with Crippen LogP contribution in [-0.2, 0) is 6.18 Å². The number of nitro benzene ring substituents is 1. The lowest BCUT2D eigenvalue weighted by molar-refractivity contribution is -0.385. The molecule has 0 N–H and O–H groups in total. The molecule has 0 bridgehead atoms. The first-order chi connectivity index (χ1) is 9.82. The Balaban J connectivity index is 2.41. The van der Waals surface area contributed by atoms with Crippen molar-refractivity contribution in [2.75, 3.05) is 7.11 Å². The smallest absolute Gasteiger partial charge is 0.416 e. The minimum absolute atomic E-state index is 0.0531. The van der Waals surface area contributed by atoms with Gasteiger partial charge in [-0.25, -0.2) is 0 Å². The highest BCUT2D eigenvalue weighted by Gasteiger charge is 2.30. The number of hydrogen-bond acceptors (Lipinski definition) is 3. The topological polar surface area (TPSA) is 52.4 Å². The number of alkyl halides is 3. The lowest BCUT2D eigenvalue weighted by Gasteiger charge is -2.09. The predicted molar refractivity (Wildman–Crippen MR) is 70.1 cm³/mol. The maximum atomic E-state index is 12.5. The molecule has 0 aliphatic carbocycles. The molecule has 0 radical (unpaired) electrons. The van der Waals surface area contributed by atoms with Crippen LogP contribution in [0.4, 0.5) is 18.9 Å². The van der Waals surface area contributed by atoms with Crippen LogP contribution in [0.3, 0.4) is 0 Å². The Morgan fingerprint density at radius 2 is 1.62 bits per heavy atom. The van der Waals surface area contributed by atoms with Gasteiger partial charge >= 0.3 is 11.9 Å². The molecule has 0 unspecified atom stereocenters. The highest BCUT2D eigenvalue weighted by atomic mass is 19.4. The molecule has 0 heterocycles. The Labute approximate surface area is 117 Å². The molecule has 0 amide bonds. The SMILES string of the molecule is COc1cc(-c2ccc(C(F)(F)F)cc2)ccc1[N+](=O)[O-]. The van der Waals surface area contributed by atoms with Gasteiger partial charge in [-0.2, -0.15) is 13.2 Å². The van der Waals surface area contributed by atoms with Crippen molar-refractivity contribution in [1.82, 2.24) is 0 Å². The highest BCUT2D eigenvalue weighted by molar-refractivity contribution is 5.68. The number of nitro groups is 1. The van der Waals surface area contributed by atoms with Gasteiger partial charge in [-0.3, -0.25) is 10.1 Å². The van der Waals surface area contributed by atoms with E-state index in [9.17, 15) is 23.3 Å². The Morgan fingerprint density at radius 1 is 1.05 bits per heavy atom. The third-order valence-corrected chi connectivity index (χ3v) is 2.92. The summed E-state index contributed by atoms with van der Waals surface area (Å²) < 4.78 is 42.4. The number of halogens is 3. The monoisotopic (exact) mass is 297 g/mol. The summed E-state index contributed by atoms with van der Waals surface area (Å²) in [5.41, 5.74) is 0.0932. The van der Waals surface area contributed by atoms with Crippen molar-refractivity contribution < 1.29 is 22.8 Å². The molecule has 21 heavy (non-hydrogen) atoms. The van der Waals surface area contributed by atoms with Gasteiger partial charge in [0.05, 0.1) is 17.6 Å². The Bertz CT molecular complexity index is 666. The fourth-order valence-electron chi connectivity index (χ4n) is 1.86. The van der Waals surface area contributed by atoms with Crippen LogP contribution in [0.25, 0.3) is 11.1 Å². The number of methoxy groups -OCH3 is 1. The number of rotatable bonds is 3. The Morgan fingerprint density at radius 3 is 2.10 bits per heavy atom.